The fourth-order valence-corrected chi connectivity index (χ4v) is 2.62. The summed E-state index contributed by atoms with van der Waals surface area (Å²) in [6, 6.07) is 5.81. The molecule has 1 amide bonds. The summed E-state index contributed by atoms with van der Waals surface area (Å²) in [5, 5.41) is 11.0. The molecule has 0 fully saturated rings. The number of aryl methyl sites for hydroxylation is 1. The zero-order chi connectivity index (χ0) is 18.7. The number of hydrogen-bond acceptors (Lipinski definition) is 5. The van der Waals surface area contributed by atoms with E-state index in [2.05, 4.69) is 4.98 Å². The molecule has 2 aromatic rings. The number of benzene rings is 1. The van der Waals surface area contributed by atoms with E-state index in [1.165, 1.54) is 22.8 Å². The average molecular weight is 344 g/mol. The first-order chi connectivity index (χ1) is 11.7. The summed E-state index contributed by atoms with van der Waals surface area (Å²) >= 11 is 0. The molecule has 0 unspecified atom stereocenters. The summed E-state index contributed by atoms with van der Waals surface area (Å²) in [6.45, 7) is 6.08. The quantitative estimate of drug-likeness (QED) is 0.632. The van der Waals surface area contributed by atoms with E-state index in [4.69, 9.17) is 5.73 Å². The van der Waals surface area contributed by atoms with Gasteiger partial charge in [0.25, 0.3) is 11.2 Å². The van der Waals surface area contributed by atoms with Gasteiger partial charge in [-0.3, -0.25) is 24.3 Å². The van der Waals surface area contributed by atoms with Gasteiger partial charge in [0.2, 0.25) is 5.91 Å². The summed E-state index contributed by atoms with van der Waals surface area (Å²) in [5.41, 5.74) is 5.63. The number of non-ortho nitro benzene ring substituents is 1. The predicted molar refractivity (Wildman–Crippen MR) is 93.1 cm³/mol. The lowest BCUT2D eigenvalue weighted by Gasteiger charge is -2.16. The Morgan fingerprint density at radius 2 is 2.08 bits per heavy atom. The lowest BCUT2D eigenvalue weighted by Crippen LogP contribution is -2.32. The number of aromatic nitrogens is 2. The number of nitro benzene ring substituents is 1. The van der Waals surface area contributed by atoms with Crippen LogP contribution in [0.15, 0.2) is 29.1 Å². The van der Waals surface area contributed by atoms with E-state index < -0.39 is 10.8 Å². The molecule has 0 saturated carbocycles. The van der Waals surface area contributed by atoms with Crippen LogP contribution in [0.4, 0.5) is 5.69 Å². The molecule has 8 heteroatoms. The molecule has 0 aliphatic heterocycles. The summed E-state index contributed by atoms with van der Waals surface area (Å²) in [6.07, 6.45) is -0.276. The van der Waals surface area contributed by atoms with Crippen molar-refractivity contribution < 1.29 is 9.72 Å². The van der Waals surface area contributed by atoms with Gasteiger partial charge < -0.3 is 5.73 Å². The number of nitrogens with zero attached hydrogens (tertiary/aromatic N) is 3. The first-order valence-corrected chi connectivity index (χ1v) is 7.84. The van der Waals surface area contributed by atoms with Gasteiger partial charge in [-0.1, -0.05) is 26.0 Å². The maximum atomic E-state index is 12.9. The number of hydrogen-bond donors (Lipinski definition) is 1. The summed E-state index contributed by atoms with van der Waals surface area (Å²) in [7, 11) is 0. The fraction of sp³-hybridized carbons (Fsp3) is 0.353. The Bertz CT molecular complexity index is 887. The molecule has 2 rings (SSSR count). The lowest BCUT2D eigenvalue weighted by atomic mass is 10.0. The monoisotopic (exact) mass is 344 g/mol. The van der Waals surface area contributed by atoms with E-state index in [-0.39, 0.29) is 34.8 Å². The van der Waals surface area contributed by atoms with Gasteiger partial charge in [0, 0.05) is 24.2 Å². The number of amides is 1. The Morgan fingerprint density at radius 3 is 2.64 bits per heavy atom. The predicted octanol–water partition coefficient (Wildman–Crippen LogP) is 1.81. The third-order valence-electron chi connectivity index (χ3n) is 3.68. The first-order valence-electron chi connectivity index (χ1n) is 7.84. The average Bonchev–Trinajstić information content (AvgIpc) is 2.53. The van der Waals surface area contributed by atoms with E-state index in [1.807, 2.05) is 13.8 Å². The van der Waals surface area contributed by atoms with Gasteiger partial charge in [0.1, 0.15) is 5.82 Å². The molecule has 0 saturated heterocycles. The third-order valence-corrected chi connectivity index (χ3v) is 3.68. The molecule has 8 nitrogen and oxygen atoms in total. The van der Waals surface area contributed by atoms with Crippen molar-refractivity contribution in [3.63, 3.8) is 0 Å². The molecule has 0 bridgehead atoms. The van der Waals surface area contributed by atoms with Crippen LogP contribution >= 0.6 is 0 Å². The van der Waals surface area contributed by atoms with E-state index in [9.17, 15) is 19.7 Å². The highest BCUT2D eigenvalue weighted by Gasteiger charge is 2.19. The molecule has 0 aliphatic rings. The number of nitro groups is 1. The highest BCUT2D eigenvalue weighted by Crippen LogP contribution is 2.24. The summed E-state index contributed by atoms with van der Waals surface area (Å²) in [5.74, 6) is 0.0299. The van der Waals surface area contributed by atoms with Crippen LogP contribution < -0.4 is 11.3 Å². The number of nitrogens with two attached hydrogens (primary N) is 1. The molecule has 2 N–H and O–H groups in total. The van der Waals surface area contributed by atoms with Crippen LogP contribution in [0.2, 0.25) is 0 Å². The largest absolute Gasteiger partial charge is 0.369 e. The molecule has 0 aliphatic carbocycles. The van der Waals surface area contributed by atoms with Crippen molar-refractivity contribution in [1.82, 2.24) is 9.55 Å². The van der Waals surface area contributed by atoms with Gasteiger partial charge in [-0.2, -0.15) is 0 Å². The molecular weight excluding hydrogens is 324 g/mol. The van der Waals surface area contributed by atoms with Crippen LogP contribution in [0.1, 0.15) is 25.2 Å². The van der Waals surface area contributed by atoms with Crippen molar-refractivity contribution in [2.45, 2.75) is 33.7 Å². The molecule has 0 radical (unpaired) electrons. The van der Waals surface area contributed by atoms with Crippen LogP contribution in [0.3, 0.4) is 0 Å². The number of primary amides is 1. The van der Waals surface area contributed by atoms with Crippen molar-refractivity contribution in [3.05, 3.63) is 56.1 Å². The molecule has 1 aromatic heterocycles. The Kier molecular flexibility index (Phi) is 5.31. The van der Waals surface area contributed by atoms with Crippen LogP contribution in [0.5, 0.6) is 0 Å². The molecular formula is C17H20N4O4. The minimum absolute atomic E-state index is 0.117. The maximum absolute atomic E-state index is 12.9. The number of carbonyl (C=O) groups is 1. The molecule has 1 heterocycles. The third kappa shape index (κ3) is 4.09. The second kappa shape index (κ2) is 7.25. The fourth-order valence-electron chi connectivity index (χ4n) is 2.62. The molecule has 0 atom stereocenters. The van der Waals surface area contributed by atoms with Crippen LogP contribution in [-0.2, 0) is 17.8 Å². The van der Waals surface area contributed by atoms with Gasteiger partial charge >= 0.3 is 0 Å². The van der Waals surface area contributed by atoms with E-state index in [0.29, 0.717) is 17.9 Å². The van der Waals surface area contributed by atoms with Crippen molar-refractivity contribution in [2.24, 2.45) is 11.7 Å². The zero-order valence-corrected chi connectivity index (χ0v) is 14.4. The number of carbonyl (C=O) groups excluding carboxylic acids is 1. The van der Waals surface area contributed by atoms with Gasteiger partial charge in [-0.15, -0.1) is 0 Å². The van der Waals surface area contributed by atoms with E-state index in [1.54, 1.807) is 13.0 Å². The Balaban J connectivity index is 2.72. The Labute approximate surface area is 144 Å². The van der Waals surface area contributed by atoms with Gasteiger partial charge in [0.15, 0.2) is 0 Å². The summed E-state index contributed by atoms with van der Waals surface area (Å²) < 4.78 is 1.50. The topological polar surface area (TPSA) is 121 Å². The van der Waals surface area contributed by atoms with Crippen molar-refractivity contribution in [3.8, 4) is 11.3 Å². The molecule has 0 spiro atoms. The van der Waals surface area contributed by atoms with E-state index in [0.717, 1.165) is 0 Å². The number of rotatable bonds is 6. The molecule has 25 heavy (non-hydrogen) atoms. The highest BCUT2D eigenvalue weighted by molar-refractivity contribution is 5.79. The SMILES string of the molecule is Cc1nc(-c2cccc([N+](=O)[O-])c2)c(CC(N)=O)c(=O)n1CC(C)C. The second-order valence-electron chi connectivity index (χ2n) is 6.25. The second-order valence-corrected chi connectivity index (χ2v) is 6.25. The smallest absolute Gasteiger partial charge is 0.270 e. The van der Waals surface area contributed by atoms with Gasteiger partial charge in [0.05, 0.1) is 22.6 Å². The summed E-state index contributed by atoms with van der Waals surface area (Å²) in [4.78, 5) is 39.2. The van der Waals surface area contributed by atoms with Crippen LogP contribution in [-0.4, -0.2) is 20.4 Å². The standard InChI is InChI=1S/C17H20N4O4/c1-10(2)9-20-11(3)19-16(14(17(20)23)8-15(18)22)12-5-4-6-13(7-12)21(24)25/h4-7,10H,8-9H2,1-3H3,(H2,18,22). The minimum Gasteiger partial charge on any atom is -0.369 e. The minimum atomic E-state index is -0.662. The lowest BCUT2D eigenvalue weighted by molar-refractivity contribution is -0.384. The van der Waals surface area contributed by atoms with Gasteiger partial charge in [-0.05, 0) is 12.8 Å². The Morgan fingerprint density at radius 1 is 1.40 bits per heavy atom. The van der Waals surface area contributed by atoms with Crippen molar-refractivity contribution in [1.29, 1.82) is 0 Å². The van der Waals surface area contributed by atoms with Crippen molar-refractivity contribution in [2.75, 3.05) is 0 Å². The van der Waals surface area contributed by atoms with Crippen LogP contribution in [0.25, 0.3) is 11.3 Å². The molecule has 132 valence electrons. The maximum Gasteiger partial charge on any atom is 0.270 e. The normalized spacial score (nSPS) is 10.9. The molecule has 1 aromatic carbocycles. The Hall–Kier alpha value is -3.03. The van der Waals surface area contributed by atoms with E-state index >= 15 is 0 Å². The zero-order valence-electron chi connectivity index (χ0n) is 14.4. The van der Waals surface area contributed by atoms with Crippen LogP contribution in [0, 0.1) is 23.0 Å². The first kappa shape index (κ1) is 18.3. The van der Waals surface area contributed by atoms with Crippen molar-refractivity contribution >= 4 is 11.6 Å². The van der Waals surface area contributed by atoms with Gasteiger partial charge in [-0.25, -0.2) is 4.98 Å². The highest BCUT2D eigenvalue weighted by atomic mass is 16.6.